The van der Waals surface area contributed by atoms with E-state index in [9.17, 15) is 0 Å². The molecule has 0 saturated carbocycles. The molecule has 1 aliphatic rings. The summed E-state index contributed by atoms with van der Waals surface area (Å²) in [5.74, 6) is 0.961. The van der Waals surface area contributed by atoms with Crippen LogP contribution in [0.15, 0.2) is 24.3 Å². The van der Waals surface area contributed by atoms with Crippen LogP contribution in [0, 0.1) is 0 Å². The zero-order valence-corrected chi connectivity index (χ0v) is 13.3. The van der Waals surface area contributed by atoms with Crippen LogP contribution in [0.1, 0.15) is 38.3 Å². The molecule has 0 aliphatic carbocycles. The minimum absolute atomic E-state index is 0.232. The molecule has 1 saturated heterocycles. The second kappa shape index (κ2) is 8.37. The molecule has 1 heterocycles. The van der Waals surface area contributed by atoms with Crippen molar-refractivity contribution in [3.8, 4) is 5.75 Å². The normalized spacial score (nSPS) is 18.6. The summed E-state index contributed by atoms with van der Waals surface area (Å²) >= 11 is 0. The van der Waals surface area contributed by atoms with Gasteiger partial charge in [-0.2, -0.15) is 0 Å². The fourth-order valence-electron chi connectivity index (χ4n) is 3.11. The summed E-state index contributed by atoms with van der Waals surface area (Å²) in [5, 5.41) is 0. The van der Waals surface area contributed by atoms with E-state index in [2.05, 4.69) is 24.0 Å². The average Bonchev–Trinajstić information content (AvgIpc) is 2.52. The van der Waals surface area contributed by atoms with Gasteiger partial charge in [-0.05, 0) is 32.8 Å². The maximum Gasteiger partial charge on any atom is 0.124 e. The van der Waals surface area contributed by atoms with Gasteiger partial charge in [0.05, 0.1) is 18.8 Å². The van der Waals surface area contributed by atoms with Crippen LogP contribution < -0.4 is 10.5 Å². The third kappa shape index (κ3) is 4.19. The second-order valence-corrected chi connectivity index (χ2v) is 5.41. The van der Waals surface area contributed by atoms with E-state index in [0.717, 1.165) is 38.3 Å². The predicted octanol–water partition coefficient (Wildman–Crippen LogP) is 2.59. The van der Waals surface area contributed by atoms with E-state index >= 15 is 0 Å². The molecule has 1 aromatic carbocycles. The molecule has 21 heavy (non-hydrogen) atoms. The first-order valence-electron chi connectivity index (χ1n) is 8.07. The summed E-state index contributed by atoms with van der Waals surface area (Å²) in [7, 11) is 0. The highest BCUT2D eigenvalue weighted by atomic mass is 16.5. The number of hydrogen-bond acceptors (Lipinski definition) is 4. The molecule has 2 rings (SSSR count). The van der Waals surface area contributed by atoms with Crippen LogP contribution in [0.4, 0.5) is 0 Å². The Morgan fingerprint density at radius 3 is 2.52 bits per heavy atom. The molecule has 1 aliphatic heterocycles. The van der Waals surface area contributed by atoms with Crippen molar-refractivity contribution in [2.24, 2.45) is 5.73 Å². The number of piperidine rings is 1. The van der Waals surface area contributed by atoms with Gasteiger partial charge in [0.15, 0.2) is 0 Å². The molecular weight excluding hydrogens is 264 g/mol. The van der Waals surface area contributed by atoms with E-state index in [-0.39, 0.29) is 6.04 Å². The number of para-hydroxylation sites is 1. The molecule has 0 bridgehead atoms. The number of nitrogens with zero attached hydrogens (tertiary/aromatic N) is 1. The average molecular weight is 292 g/mol. The maximum atomic E-state index is 6.07. The topological polar surface area (TPSA) is 47.7 Å². The number of benzene rings is 1. The van der Waals surface area contributed by atoms with Gasteiger partial charge in [-0.25, -0.2) is 0 Å². The van der Waals surface area contributed by atoms with Crippen LogP contribution in [0.25, 0.3) is 0 Å². The lowest BCUT2D eigenvalue weighted by molar-refractivity contribution is 0.00427. The van der Waals surface area contributed by atoms with E-state index in [1.165, 1.54) is 5.56 Å². The van der Waals surface area contributed by atoms with E-state index in [1.807, 2.05) is 19.1 Å². The highest BCUT2D eigenvalue weighted by Crippen LogP contribution is 2.31. The first-order chi connectivity index (χ1) is 10.3. The van der Waals surface area contributed by atoms with Crippen molar-refractivity contribution in [1.82, 2.24) is 4.90 Å². The number of hydrogen-bond donors (Lipinski definition) is 1. The monoisotopic (exact) mass is 292 g/mol. The molecule has 1 fully saturated rings. The summed E-state index contributed by atoms with van der Waals surface area (Å²) < 4.78 is 11.5. The van der Waals surface area contributed by atoms with Crippen molar-refractivity contribution in [3.05, 3.63) is 29.8 Å². The Morgan fingerprint density at radius 2 is 1.90 bits per heavy atom. The van der Waals surface area contributed by atoms with E-state index in [4.69, 9.17) is 15.2 Å². The van der Waals surface area contributed by atoms with Gasteiger partial charge in [0.2, 0.25) is 0 Å². The first kappa shape index (κ1) is 16.3. The zero-order valence-electron chi connectivity index (χ0n) is 13.3. The predicted molar refractivity (Wildman–Crippen MR) is 85.6 cm³/mol. The molecule has 0 spiro atoms. The van der Waals surface area contributed by atoms with Gasteiger partial charge in [-0.3, -0.25) is 4.90 Å². The summed E-state index contributed by atoms with van der Waals surface area (Å²) in [6.07, 6.45) is 2.58. The minimum Gasteiger partial charge on any atom is -0.494 e. The summed E-state index contributed by atoms with van der Waals surface area (Å²) in [6, 6.07) is 8.48. The molecule has 4 nitrogen and oxygen atoms in total. The number of likely N-dealkylation sites (tertiary alicyclic amines) is 1. The third-order valence-corrected chi connectivity index (χ3v) is 4.12. The van der Waals surface area contributed by atoms with Crippen molar-refractivity contribution < 1.29 is 9.47 Å². The molecule has 1 atom stereocenters. The molecule has 1 aromatic rings. The van der Waals surface area contributed by atoms with E-state index < -0.39 is 0 Å². The van der Waals surface area contributed by atoms with Crippen LogP contribution in [0.5, 0.6) is 5.75 Å². The van der Waals surface area contributed by atoms with Gasteiger partial charge >= 0.3 is 0 Å². The highest BCUT2D eigenvalue weighted by molar-refractivity contribution is 5.36. The molecule has 0 aromatic heterocycles. The fourth-order valence-corrected chi connectivity index (χ4v) is 3.11. The molecule has 0 radical (unpaired) electrons. The number of ether oxygens (including phenoxy) is 2. The lowest BCUT2D eigenvalue weighted by atomic mass is 9.99. The smallest absolute Gasteiger partial charge is 0.124 e. The maximum absolute atomic E-state index is 6.07. The molecule has 1 unspecified atom stereocenters. The first-order valence-corrected chi connectivity index (χ1v) is 8.07. The van der Waals surface area contributed by atoms with E-state index in [0.29, 0.717) is 19.3 Å². The Bertz CT molecular complexity index is 417. The van der Waals surface area contributed by atoms with Crippen molar-refractivity contribution in [2.45, 2.75) is 38.8 Å². The fraction of sp³-hybridized carbons (Fsp3) is 0.647. The van der Waals surface area contributed by atoms with Gasteiger partial charge in [0.1, 0.15) is 5.75 Å². The van der Waals surface area contributed by atoms with Crippen LogP contribution in [0.2, 0.25) is 0 Å². The Hall–Kier alpha value is -1.10. The lowest BCUT2D eigenvalue weighted by Crippen LogP contribution is -2.42. The third-order valence-electron chi connectivity index (χ3n) is 4.12. The van der Waals surface area contributed by atoms with Crippen molar-refractivity contribution in [1.29, 1.82) is 0 Å². The second-order valence-electron chi connectivity index (χ2n) is 5.41. The Balaban J connectivity index is 2.06. The Morgan fingerprint density at radius 1 is 1.19 bits per heavy atom. The molecule has 2 N–H and O–H groups in total. The summed E-state index contributed by atoms with van der Waals surface area (Å²) in [6.45, 7) is 8.25. The molecule has 4 heteroatoms. The van der Waals surface area contributed by atoms with Gasteiger partial charge in [-0.1, -0.05) is 18.2 Å². The van der Waals surface area contributed by atoms with Gasteiger partial charge in [-0.15, -0.1) is 0 Å². The summed E-state index contributed by atoms with van der Waals surface area (Å²) in [5.41, 5.74) is 7.27. The van der Waals surface area contributed by atoms with Crippen LogP contribution in [-0.4, -0.2) is 43.9 Å². The Labute approximate surface area is 128 Å². The SMILES string of the molecule is CCOc1ccccc1C(CN)N1CCC(OCC)CC1. The van der Waals surface area contributed by atoms with Crippen LogP contribution in [0.3, 0.4) is 0 Å². The van der Waals surface area contributed by atoms with Crippen LogP contribution in [-0.2, 0) is 4.74 Å². The van der Waals surface area contributed by atoms with Crippen molar-refractivity contribution in [3.63, 3.8) is 0 Å². The van der Waals surface area contributed by atoms with Gasteiger partial charge in [0.25, 0.3) is 0 Å². The van der Waals surface area contributed by atoms with Gasteiger partial charge in [0, 0.05) is 31.8 Å². The molecular formula is C17H28N2O2. The van der Waals surface area contributed by atoms with E-state index in [1.54, 1.807) is 0 Å². The molecule has 118 valence electrons. The van der Waals surface area contributed by atoms with Crippen molar-refractivity contribution >= 4 is 0 Å². The number of nitrogens with two attached hydrogens (primary N) is 1. The Kier molecular flexibility index (Phi) is 6.49. The molecule has 0 amide bonds. The largest absolute Gasteiger partial charge is 0.494 e. The minimum atomic E-state index is 0.232. The van der Waals surface area contributed by atoms with Crippen molar-refractivity contribution in [2.75, 3.05) is 32.8 Å². The summed E-state index contributed by atoms with van der Waals surface area (Å²) in [4.78, 5) is 2.47. The van der Waals surface area contributed by atoms with Crippen LogP contribution >= 0.6 is 0 Å². The lowest BCUT2D eigenvalue weighted by Gasteiger charge is -2.37. The number of rotatable bonds is 7. The quantitative estimate of drug-likeness (QED) is 0.839. The van der Waals surface area contributed by atoms with Gasteiger partial charge < -0.3 is 15.2 Å². The zero-order chi connectivity index (χ0) is 15.1. The standard InChI is InChI=1S/C17H28N2O2/c1-3-20-14-9-11-19(12-10-14)16(13-18)15-7-5-6-8-17(15)21-4-2/h5-8,14,16H,3-4,9-13,18H2,1-2H3. The highest BCUT2D eigenvalue weighted by Gasteiger charge is 2.27.